The fourth-order valence-electron chi connectivity index (χ4n) is 3.37. The molecule has 0 spiro atoms. The molecule has 0 radical (unpaired) electrons. The Morgan fingerprint density at radius 2 is 2.15 bits per heavy atom. The van der Waals surface area contributed by atoms with Crippen molar-refractivity contribution in [2.75, 3.05) is 32.8 Å². The fraction of sp³-hybridized carbons (Fsp3) is 0.647. The Morgan fingerprint density at radius 3 is 2.95 bits per heavy atom. The minimum Gasteiger partial charge on any atom is -0.378 e. The van der Waals surface area contributed by atoms with Gasteiger partial charge in [0.15, 0.2) is 0 Å². The maximum atomic E-state index is 5.76. The summed E-state index contributed by atoms with van der Waals surface area (Å²) in [6, 6.07) is 11.5. The molecule has 0 aliphatic carbocycles. The molecule has 0 aromatic heterocycles. The van der Waals surface area contributed by atoms with Crippen LogP contribution >= 0.6 is 0 Å². The third-order valence-corrected chi connectivity index (χ3v) is 4.55. The molecule has 2 saturated heterocycles. The maximum Gasteiger partial charge on any atom is 0.0588 e. The van der Waals surface area contributed by atoms with E-state index in [9.17, 15) is 0 Å². The topological polar surface area (TPSA) is 24.5 Å². The van der Waals surface area contributed by atoms with E-state index in [1.54, 1.807) is 0 Å². The standard InChI is InChI=1S/C17H26N2O/c1-2-5-15(6-3-1)13-16-14-18-9-11-19(16)10-8-17-7-4-12-20-17/h1-3,5-6,16-18H,4,7-14H2. The van der Waals surface area contributed by atoms with E-state index in [4.69, 9.17) is 4.74 Å². The molecule has 3 rings (SSSR count). The highest BCUT2D eigenvalue weighted by Crippen LogP contribution is 2.18. The summed E-state index contributed by atoms with van der Waals surface area (Å²) in [5, 5.41) is 3.54. The average Bonchev–Trinajstić information content (AvgIpc) is 3.01. The molecule has 1 aromatic rings. The molecule has 20 heavy (non-hydrogen) atoms. The predicted molar refractivity (Wildman–Crippen MR) is 82.0 cm³/mol. The van der Waals surface area contributed by atoms with E-state index in [1.165, 1.54) is 37.9 Å². The van der Waals surface area contributed by atoms with Crippen molar-refractivity contribution in [2.24, 2.45) is 0 Å². The lowest BCUT2D eigenvalue weighted by atomic mass is 10.0. The first kappa shape index (κ1) is 14.1. The largest absolute Gasteiger partial charge is 0.378 e. The molecule has 2 aliphatic heterocycles. The number of rotatable bonds is 5. The first-order valence-electron chi connectivity index (χ1n) is 8.02. The van der Waals surface area contributed by atoms with Gasteiger partial charge in [-0.1, -0.05) is 30.3 Å². The Balaban J connectivity index is 1.53. The summed E-state index contributed by atoms with van der Waals surface area (Å²) < 4.78 is 5.76. The molecule has 1 N–H and O–H groups in total. The lowest BCUT2D eigenvalue weighted by Crippen LogP contribution is -2.52. The number of ether oxygens (including phenoxy) is 1. The molecular formula is C17H26N2O. The predicted octanol–water partition coefficient (Wildman–Crippen LogP) is 2.07. The number of nitrogens with zero attached hydrogens (tertiary/aromatic N) is 1. The molecule has 3 nitrogen and oxygen atoms in total. The van der Waals surface area contributed by atoms with Crippen molar-refractivity contribution >= 4 is 0 Å². The van der Waals surface area contributed by atoms with Crippen LogP contribution in [0.2, 0.25) is 0 Å². The lowest BCUT2D eigenvalue weighted by Gasteiger charge is -2.36. The Labute approximate surface area is 122 Å². The Morgan fingerprint density at radius 1 is 1.25 bits per heavy atom. The average molecular weight is 274 g/mol. The monoisotopic (exact) mass is 274 g/mol. The molecule has 2 unspecified atom stereocenters. The van der Waals surface area contributed by atoms with E-state index >= 15 is 0 Å². The summed E-state index contributed by atoms with van der Waals surface area (Å²) in [6.07, 6.45) is 5.38. The van der Waals surface area contributed by atoms with E-state index in [2.05, 4.69) is 40.5 Å². The zero-order valence-corrected chi connectivity index (χ0v) is 12.3. The molecule has 1 aromatic carbocycles. The quantitative estimate of drug-likeness (QED) is 0.889. The summed E-state index contributed by atoms with van der Waals surface area (Å²) in [5.41, 5.74) is 1.45. The van der Waals surface area contributed by atoms with Crippen molar-refractivity contribution in [1.29, 1.82) is 0 Å². The van der Waals surface area contributed by atoms with E-state index in [-0.39, 0.29) is 0 Å². The van der Waals surface area contributed by atoms with Crippen LogP contribution in [0.25, 0.3) is 0 Å². The van der Waals surface area contributed by atoms with Gasteiger partial charge in [0.05, 0.1) is 6.10 Å². The Kier molecular flexibility index (Phi) is 5.06. The fourth-order valence-corrected chi connectivity index (χ4v) is 3.37. The van der Waals surface area contributed by atoms with Crippen LogP contribution in [0.4, 0.5) is 0 Å². The van der Waals surface area contributed by atoms with Crippen molar-refractivity contribution in [1.82, 2.24) is 10.2 Å². The minimum atomic E-state index is 0.516. The van der Waals surface area contributed by atoms with Gasteiger partial charge in [0.1, 0.15) is 0 Å². The van der Waals surface area contributed by atoms with Crippen LogP contribution in [0.3, 0.4) is 0 Å². The van der Waals surface area contributed by atoms with E-state index < -0.39 is 0 Å². The molecule has 0 bridgehead atoms. The molecule has 3 heteroatoms. The summed E-state index contributed by atoms with van der Waals surface area (Å²) in [7, 11) is 0. The maximum absolute atomic E-state index is 5.76. The summed E-state index contributed by atoms with van der Waals surface area (Å²) >= 11 is 0. The van der Waals surface area contributed by atoms with E-state index in [0.29, 0.717) is 12.1 Å². The zero-order chi connectivity index (χ0) is 13.6. The molecule has 110 valence electrons. The molecule has 2 aliphatic rings. The van der Waals surface area contributed by atoms with Crippen LogP contribution < -0.4 is 5.32 Å². The highest BCUT2D eigenvalue weighted by molar-refractivity contribution is 5.16. The van der Waals surface area contributed by atoms with Gasteiger partial charge in [0.2, 0.25) is 0 Å². The highest BCUT2D eigenvalue weighted by Gasteiger charge is 2.24. The third kappa shape index (κ3) is 3.81. The first-order chi connectivity index (χ1) is 9.92. The second-order valence-corrected chi connectivity index (χ2v) is 6.01. The van der Waals surface area contributed by atoms with Crippen molar-refractivity contribution in [3.63, 3.8) is 0 Å². The molecule has 0 saturated carbocycles. The van der Waals surface area contributed by atoms with Gasteiger partial charge in [-0.15, -0.1) is 0 Å². The number of hydrogen-bond acceptors (Lipinski definition) is 3. The SMILES string of the molecule is c1ccc(CC2CNCCN2CCC2CCCO2)cc1. The molecule has 2 atom stereocenters. The van der Waals surface area contributed by atoms with Gasteiger partial charge in [-0.05, 0) is 31.2 Å². The van der Waals surface area contributed by atoms with Crippen LogP contribution in [0.5, 0.6) is 0 Å². The molecule has 0 amide bonds. The third-order valence-electron chi connectivity index (χ3n) is 4.55. The summed E-state index contributed by atoms with van der Waals surface area (Å²) in [4.78, 5) is 2.66. The van der Waals surface area contributed by atoms with Crippen LogP contribution in [-0.2, 0) is 11.2 Å². The van der Waals surface area contributed by atoms with Gasteiger partial charge >= 0.3 is 0 Å². The Hall–Kier alpha value is -0.900. The van der Waals surface area contributed by atoms with Crippen molar-refractivity contribution in [3.8, 4) is 0 Å². The molecular weight excluding hydrogens is 248 g/mol. The summed E-state index contributed by atoms with van der Waals surface area (Å²) in [5.74, 6) is 0. The number of benzene rings is 1. The normalized spacial score (nSPS) is 27.8. The highest BCUT2D eigenvalue weighted by atomic mass is 16.5. The molecule has 2 fully saturated rings. The van der Waals surface area contributed by atoms with Crippen molar-refractivity contribution in [2.45, 2.75) is 37.8 Å². The second kappa shape index (κ2) is 7.21. The number of nitrogens with one attached hydrogen (secondary N) is 1. The van der Waals surface area contributed by atoms with Crippen LogP contribution in [0.1, 0.15) is 24.8 Å². The Bertz CT molecular complexity index is 389. The van der Waals surface area contributed by atoms with E-state index in [0.717, 1.165) is 26.1 Å². The van der Waals surface area contributed by atoms with E-state index in [1.807, 2.05) is 0 Å². The smallest absolute Gasteiger partial charge is 0.0588 e. The van der Waals surface area contributed by atoms with Crippen LogP contribution in [0, 0.1) is 0 Å². The van der Waals surface area contributed by atoms with Gasteiger partial charge in [-0.3, -0.25) is 4.90 Å². The van der Waals surface area contributed by atoms with Gasteiger partial charge < -0.3 is 10.1 Å². The minimum absolute atomic E-state index is 0.516. The second-order valence-electron chi connectivity index (χ2n) is 6.01. The first-order valence-corrected chi connectivity index (χ1v) is 8.02. The van der Waals surface area contributed by atoms with Crippen molar-refractivity contribution < 1.29 is 4.74 Å². The number of hydrogen-bond donors (Lipinski definition) is 1. The summed E-state index contributed by atoms with van der Waals surface area (Å²) in [6.45, 7) is 5.56. The van der Waals surface area contributed by atoms with Gasteiger partial charge in [0.25, 0.3) is 0 Å². The van der Waals surface area contributed by atoms with Gasteiger partial charge in [-0.25, -0.2) is 0 Å². The van der Waals surface area contributed by atoms with Crippen LogP contribution in [0.15, 0.2) is 30.3 Å². The lowest BCUT2D eigenvalue weighted by molar-refractivity contribution is 0.0785. The van der Waals surface area contributed by atoms with Crippen LogP contribution in [-0.4, -0.2) is 49.8 Å². The van der Waals surface area contributed by atoms with Crippen molar-refractivity contribution in [3.05, 3.63) is 35.9 Å². The zero-order valence-electron chi connectivity index (χ0n) is 12.3. The van der Waals surface area contributed by atoms with Gasteiger partial charge in [0, 0.05) is 38.8 Å². The molecule has 2 heterocycles. The number of piperazine rings is 1. The van der Waals surface area contributed by atoms with Gasteiger partial charge in [-0.2, -0.15) is 0 Å².